The fourth-order valence-corrected chi connectivity index (χ4v) is 3.60. The van der Waals surface area contributed by atoms with Crippen molar-refractivity contribution >= 4 is 41.3 Å². The number of aromatic nitrogens is 1. The second-order valence-corrected chi connectivity index (χ2v) is 7.20. The third-order valence-corrected chi connectivity index (χ3v) is 5.31. The van der Waals surface area contributed by atoms with Crippen LogP contribution in [0.1, 0.15) is 41.3 Å². The predicted octanol–water partition coefficient (Wildman–Crippen LogP) is 4.16. The Morgan fingerprint density at radius 2 is 1.88 bits per heavy atom. The molecule has 0 bridgehead atoms. The number of aliphatic imine (C=N–C) groups is 1. The highest BCUT2D eigenvalue weighted by atomic mass is 127. The third kappa shape index (κ3) is 6.05. The van der Waals surface area contributed by atoms with E-state index in [-0.39, 0.29) is 42.9 Å². The van der Waals surface area contributed by atoms with Crippen LogP contribution in [0.25, 0.3) is 0 Å². The van der Waals surface area contributed by atoms with Crippen molar-refractivity contribution < 1.29 is 13.2 Å². The Morgan fingerprint density at radius 3 is 2.33 bits per heavy atom. The lowest BCUT2D eigenvalue weighted by Crippen LogP contribution is -2.45. The lowest BCUT2D eigenvalue weighted by molar-refractivity contribution is -0.182. The molecule has 1 aromatic heterocycles. The number of rotatable bonds is 3. The summed E-state index contributed by atoms with van der Waals surface area (Å²) in [5, 5.41) is 7.37. The Morgan fingerprint density at radius 1 is 1.25 bits per heavy atom. The van der Waals surface area contributed by atoms with Gasteiger partial charge in [0.1, 0.15) is 5.01 Å². The van der Waals surface area contributed by atoms with Gasteiger partial charge in [-0.05, 0) is 39.5 Å². The smallest absolute Gasteiger partial charge is 0.354 e. The number of thiazole rings is 1. The van der Waals surface area contributed by atoms with Crippen LogP contribution in [0.5, 0.6) is 0 Å². The summed E-state index contributed by atoms with van der Waals surface area (Å²) in [5.41, 5.74) is 1.03. The van der Waals surface area contributed by atoms with Gasteiger partial charge in [-0.15, -0.1) is 35.3 Å². The van der Waals surface area contributed by atoms with Crippen LogP contribution < -0.4 is 10.6 Å². The minimum Gasteiger partial charge on any atom is -0.354 e. The molecule has 0 amide bonds. The van der Waals surface area contributed by atoms with Crippen molar-refractivity contribution in [3.8, 4) is 0 Å². The maximum absolute atomic E-state index is 12.7. The summed E-state index contributed by atoms with van der Waals surface area (Å²) in [6.07, 6.45) is -2.67. The van der Waals surface area contributed by atoms with E-state index in [0.717, 1.165) is 10.7 Å². The Balaban J connectivity index is 0.00000288. The molecule has 2 rings (SSSR count). The van der Waals surface area contributed by atoms with Crippen LogP contribution in [0.2, 0.25) is 0 Å². The normalized spacial score (nSPS) is 22.0. The second-order valence-electron chi connectivity index (χ2n) is 5.91. The number of nitrogens with one attached hydrogen (secondary N) is 2. The molecule has 0 saturated heterocycles. The average Bonchev–Trinajstić information content (AvgIpc) is 2.81. The van der Waals surface area contributed by atoms with Crippen molar-refractivity contribution in [1.29, 1.82) is 0 Å². The van der Waals surface area contributed by atoms with Crippen LogP contribution in [0, 0.1) is 19.8 Å². The number of aryl methyl sites for hydroxylation is 2. The summed E-state index contributed by atoms with van der Waals surface area (Å²) in [5.74, 6) is -0.539. The number of hydrogen-bond donors (Lipinski definition) is 2. The molecule has 0 aromatic carbocycles. The topological polar surface area (TPSA) is 49.3 Å². The molecule has 1 aliphatic carbocycles. The molecule has 1 aliphatic rings. The summed E-state index contributed by atoms with van der Waals surface area (Å²) in [4.78, 5) is 9.78. The molecular formula is C15H24F3IN4S. The number of guanidine groups is 1. The lowest BCUT2D eigenvalue weighted by Gasteiger charge is -2.31. The minimum absolute atomic E-state index is 0. The Kier molecular flexibility index (Phi) is 8.24. The quantitative estimate of drug-likeness (QED) is 0.392. The van der Waals surface area contributed by atoms with E-state index >= 15 is 0 Å². The van der Waals surface area contributed by atoms with Crippen LogP contribution in [0.4, 0.5) is 13.2 Å². The maximum atomic E-state index is 12.7. The summed E-state index contributed by atoms with van der Waals surface area (Å²) < 4.78 is 38.0. The van der Waals surface area contributed by atoms with Crippen LogP contribution in [-0.2, 0) is 6.54 Å². The van der Waals surface area contributed by atoms with Crippen LogP contribution in [-0.4, -0.2) is 30.2 Å². The molecule has 0 spiro atoms. The molecule has 0 aliphatic heterocycles. The van der Waals surface area contributed by atoms with E-state index in [1.54, 1.807) is 18.4 Å². The first-order valence-electron chi connectivity index (χ1n) is 7.76. The average molecular weight is 476 g/mol. The highest BCUT2D eigenvalue weighted by Gasteiger charge is 2.41. The van der Waals surface area contributed by atoms with Crippen molar-refractivity contribution in [2.75, 3.05) is 7.05 Å². The molecule has 1 saturated carbocycles. The summed E-state index contributed by atoms with van der Waals surface area (Å²) in [7, 11) is 1.66. The molecule has 0 unspecified atom stereocenters. The van der Waals surface area contributed by atoms with E-state index < -0.39 is 12.1 Å². The summed E-state index contributed by atoms with van der Waals surface area (Å²) in [6, 6.07) is 0.0413. The number of nitrogens with zero attached hydrogens (tertiary/aromatic N) is 2. The highest BCUT2D eigenvalue weighted by molar-refractivity contribution is 14.0. The molecule has 0 radical (unpaired) electrons. The lowest BCUT2D eigenvalue weighted by atomic mass is 9.85. The van der Waals surface area contributed by atoms with Crippen molar-refractivity contribution in [3.05, 3.63) is 15.6 Å². The third-order valence-electron chi connectivity index (χ3n) is 4.23. The number of halogens is 4. The zero-order valence-corrected chi connectivity index (χ0v) is 17.2. The molecule has 1 aromatic rings. The minimum atomic E-state index is -4.06. The molecule has 1 heterocycles. The molecular weight excluding hydrogens is 452 g/mol. The zero-order valence-electron chi connectivity index (χ0n) is 14.0. The van der Waals surface area contributed by atoms with Crippen molar-refractivity contribution in [2.45, 2.75) is 58.3 Å². The fourth-order valence-electron chi connectivity index (χ4n) is 2.73. The zero-order chi connectivity index (χ0) is 17.0. The standard InChI is InChI=1S/C15H23F3N4S.HI/c1-9-10(2)23-13(21-9)8-20-14(19-3)22-12-6-4-11(5-7-12)15(16,17)18;/h11-12H,4-8H2,1-3H3,(H2,19,20,22);1H. The molecule has 4 nitrogen and oxygen atoms in total. The molecule has 9 heteroatoms. The molecule has 2 N–H and O–H groups in total. The van der Waals surface area contributed by atoms with E-state index in [4.69, 9.17) is 0 Å². The monoisotopic (exact) mass is 476 g/mol. The maximum Gasteiger partial charge on any atom is 0.391 e. The van der Waals surface area contributed by atoms with Crippen molar-refractivity contribution in [1.82, 2.24) is 15.6 Å². The van der Waals surface area contributed by atoms with Gasteiger partial charge in [-0.1, -0.05) is 0 Å². The second kappa shape index (κ2) is 9.21. The Bertz CT molecular complexity index is 532. The fraction of sp³-hybridized carbons (Fsp3) is 0.733. The Labute approximate surface area is 161 Å². The predicted molar refractivity (Wildman–Crippen MR) is 102 cm³/mol. The van der Waals surface area contributed by atoms with Gasteiger partial charge >= 0.3 is 6.18 Å². The molecule has 24 heavy (non-hydrogen) atoms. The van der Waals surface area contributed by atoms with Crippen LogP contribution in [0.15, 0.2) is 4.99 Å². The van der Waals surface area contributed by atoms with Crippen LogP contribution >= 0.6 is 35.3 Å². The van der Waals surface area contributed by atoms with Crippen molar-refractivity contribution in [2.24, 2.45) is 10.9 Å². The Hall–Kier alpha value is -0.580. The summed E-state index contributed by atoms with van der Waals surface area (Å²) >= 11 is 1.63. The van der Waals surface area contributed by atoms with Gasteiger partial charge < -0.3 is 10.6 Å². The van der Waals surface area contributed by atoms with Gasteiger partial charge in [0, 0.05) is 18.0 Å². The molecule has 0 atom stereocenters. The van der Waals surface area contributed by atoms with Gasteiger partial charge in [0.15, 0.2) is 5.96 Å². The molecule has 138 valence electrons. The van der Waals surface area contributed by atoms with Crippen LogP contribution in [0.3, 0.4) is 0 Å². The first kappa shape index (κ1) is 21.5. The van der Waals surface area contributed by atoms with E-state index in [9.17, 15) is 13.2 Å². The first-order chi connectivity index (χ1) is 10.8. The van der Waals surface area contributed by atoms with E-state index in [1.807, 2.05) is 13.8 Å². The van der Waals surface area contributed by atoms with Gasteiger partial charge in [-0.2, -0.15) is 13.2 Å². The highest BCUT2D eigenvalue weighted by Crippen LogP contribution is 2.37. The van der Waals surface area contributed by atoms with E-state index in [0.29, 0.717) is 25.3 Å². The van der Waals surface area contributed by atoms with Gasteiger partial charge in [0.25, 0.3) is 0 Å². The van der Waals surface area contributed by atoms with Gasteiger partial charge in [-0.3, -0.25) is 4.99 Å². The largest absolute Gasteiger partial charge is 0.391 e. The van der Waals surface area contributed by atoms with Gasteiger partial charge in [-0.25, -0.2) is 4.98 Å². The number of alkyl halides is 3. The van der Waals surface area contributed by atoms with E-state index in [2.05, 4.69) is 20.6 Å². The van der Waals surface area contributed by atoms with Crippen molar-refractivity contribution in [3.63, 3.8) is 0 Å². The summed E-state index contributed by atoms with van der Waals surface area (Å²) in [6.45, 7) is 4.57. The first-order valence-corrected chi connectivity index (χ1v) is 8.58. The van der Waals surface area contributed by atoms with Gasteiger partial charge in [0.2, 0.25) is 0 Å². The van der Waals surface area contributed by atoms with Gasteiger partial charge in [0.05, 0.1) is 18.2 Å². The SMILES string of the molecule is CN=C(NCc1nc(C)c(C)s1)NC1CCC(C(F)(F)F)CC1.I. The number of hydrogen-bond acceptors (Lipinski definition) is 3. The van der Waals surface area contributed by atoms with E-state index in [1.165, 1.54) is 4.88 Å². The molecule has 1 fully saturated rings.